The maximum absolute atomic E-state index is 12.6. The highest BCUT2D eigenvalue weighted by molar-refractivity contribution is 5.74. The molecule has 7 nitrogen and oxygen atoms in total. The first-order valence-electron chi connectivity index (χ1n) is 8.44. The van der Waals surface area contributed by atoms with Crippen molar-refractivity contribution in [1.29, 1.82) is 0 Å². The molecule has 0 spiro atoms. The molecule has 0 aliphatic carbocycles. The lowest BCUT2D eigenvalue weighted by atomic mass is 10.2. The summed E-state index contributed by atoms with van der Waals surface area (Å²) in [7, 11) is 1.63. The van der Waals surface area contributed by atoms with E-state index in [-0.39, 0.29) is 12.1 Å². The van der Waals surface area contributed by atoms with Crippen molar-refractivity contribution >= 4 is 6.03 Å². The molecule has 0 aromatic carbocycles. The molecule has 0 aliphatic rings. The van der Waals surface area contributed by atoms with Gasteiger partial charge in [0.05, 0.1) is 18.3 Å². The van der Waals surface area contributed by atoms with Gasteiger partial charge in [-0.25, -0.2) is 4.79 Å². The van der Waals surface area contributed by atoms with Crippen LogP contribution in [0.25, 0.3) is 0 Å². The number of hydrogen-bond acceptors (Lipinski definition) is 4. The van der Waals surface area contributed by atoms with Crippen molar-refractivity contribution in [1.82, 2.24) is 25.0 Å². The second-order valence-corrected chi connectivity index (χ2v) is 6.18. The molecule has 0 fully saturated rings. The predicted molar refractivity (Wildman–Crippen MR) is 96.3 cm³/mol. The van der Waals surface area contributed by atoms with E-state index in [1.807, 2.05) is 43.7 Å². The molecule has 2 aromatic heterocycles. The number of aryl methyl sites for hydroxylation is 2. The zero-order valence-corrected chi connectivity index (χ0v) is 15.4. The van der Waals surface area contributed by atoms with Gasteiger partial charge in [-0.15, -0.1) is 0 Å². The highest BCUT2D eigenvalue weighted by Crippen LogP contribution is 2.10. The van der Waals surface area contributed by atoms with E-state index in [0.717, 1.165) is 17.0 Å². The van der Waals surface area contributed by atoms with Crippen molar-refractivity contribution in [2.45, 2.75) is 33.4 Å². The summed E-state index contributed by atoms with van der Waals surface area (Å²) in [6, 6.07) is 5.83. The molecule has 136 valence electrons. The van der Waals surface area contributed by atoms with Gasteiger partial charge in [0.25, 0.3) is 0 Å². The largest absolute Gasteiger partial charge is 0.383 e. The fourth-order valence-corrected chi connectivity index (χ4v) is 2.69. The quantitative estimate of drug-likeness (QED) is 0.797. The summed E-state index contributed by atoms with van der Waals surface area (Å²) < 4.78 is 7.07. The topological polar surface area (TPSA) is 72.3 Å². The van der Waals surface area contributed by atoms with Gasteiger partial charge in [-0.05, 0) is 44.5 Å². The Balaban J connectivity index is 1.95. The summed E-state index contributed by atoms with van der Waals surface area (Å²) in [5.41, 5.74) is 3.11. The number of amides is 2. The molecular formula is C18H27N5O2. The summed E-state index contributed by atoms with van der Waals surface area (Å²) in [4.78, 5) is 18.3. The number of hydrogen-bond donors (Lipinski definition) is 1. The van der Waals surface area contributed by atoms with Crippen LogP contribution in [0, 0.1) is 13.8 Å². The van der Waals surface area contributed by atoms with Crippen LogP contribution in [0.3, 0.4) is 0 Å². The maximum Gasteiger partial charge on any atom is 0.317 e. The lowest BCUT2D eigenvalue weighted by molar-refractivity contribution is 0.146. The van der Waals surface area contributed by atoms with E-state index < -0.39 is 0 Å². The standard InChI is InChI=1S/C18H27N5O2/c1-14-11-15(2)23(21-14)16(3)12-20-18(24)22(9-10-25-4)13-17-5-7-19-8-6-17/h5-8,11,16H,9-10,12-13H2,1-4H3,(H,20,24). The van der Waals surface area contributed by atoms with Crippen LogP contribution in [-0.4, -0.2) is 52.5 Å². The third-order valence-electron chi connectivity index (χ3n) is 3.99. The van der Waals surface area contributed by atoms with Gasteiger partial charge in [0.1, 0.15) is 0 Å². The molecule has 2 heterocycles. The Morgan fingerprint density at radius 2 is 2.08 bits per heavy atom. The predicted octanol–water partition coefficient (Wildman–Crippen LogP) is 2.31. The summed E-state index contributed by atoms with van der Waals surface area (Å²) in [6.45, 7) is 8.09. The summed E-state index contributed by atoms with van der Waals surface area (Å²) in [6.07, 6.45) is 3.46. The van der Waals surface area contributed by atoms with E-state index in [1.54, 1.807) is 24.4 Å². The molecule has 2 amide bonds. The molecule has 0 saturated heterocycles. The number of aromatic nitrogens is 3. The lowest BCUT2D eigenvalue weighted by Crippen LogP contribution is -2.43. The minimum absolute atomic E-state index is 0.0860. The fourth-order valence-electron chi connectivity index (χ4n) is 2.69. The molecule has 0 radical (unpaired) electrons. The van der Waals surface area contributed by atoms with Crippen LogP contribution in [0.15, 0.2) is 30.6 Å². The number of rotatable bonds is 8. The Morgan fingerprint density at radius 1 is 1.36 bits per heavy atom. The molecule has 0 saturated carbocycles. The lowest BCUT2D eigenvalue weighted by Gasteiger charge is -2.24. The summed E-state index contributed by atoms with van der Waals surface area (Å²) >= 11 is 0. The van der Waals surface area contributed by atoms with Crippen molar-refractivity contribution in [2.24, 2.45) is 0 Å². The Bertz CT molecular complexity index is 671. The van der Waals surface area contributed by atoms with Gasteiger partial charge in [0, 0.05) is 44.8 Å². The van der Waals surface area contributed by atoms with E-state index >= 15 is 0 Å². The maximum atomic E-state index is 12.6. The molecular weight excluding hydrogens is 318 g/mol. The zero-order valence-electron chi connectivity index (χ0n) is 15.4. The van der Waals surface area contributed by atoms with Gasteiger partial charge in [-0.3, -0.25) is 9.67 Å². The second kappa shape index (κ2) is 9.17. The van der Waals surface area contributed by atoms with Gasteiger partial charge in [0.2, 0.25) is 0 Å². The van der Waals surface area contributed by atoms with Crippen LogP contribution in [0.2, 0.25) is 0 Å². The number of nitrogens with one attached hydrogen (secondary N) is 1. The molecule has 1 N–H and O–H groups in total. The Kier molecular flexibility index (Phi) is 6.94. The minimum atomic E-state index is -0.109. The molecule has 0 aliphatic heterocycles. The summed E-state index contributed by atoms with van der Waals surface area (Å²) in [5.74, 6) is 0. The Hall–Kier alpha value is -2.41. The Morgan fingerprint density at radius 3 is 2.68 bits per heavy atom. The van der Waals surface area contributed by atoms with Crippen LogP contribution in [-0.2, 0) is 11.3 Å². The SMILES string of the molecule is COCCN(Cc1ccncc1)C(=O)NCC(C)n1nc(C)cc1C. The minimum Gasteiger partial charge on any atom is -0.383 e. The molecule has 0 bridgehead atoms. The first-order valence-corrected chi connectivity index (χ1v) is 8.44. The van der Waals surface area contributed by atoms with E-state index in [1.165, 1.54) is 0 Å². The first kappa shape index (κ1) is 18.9. The van der Waals surface area contributed by atoms with Crippen molar-refractivity contribution in [3.05, 3.63) is 47.5 Å². The second-order valence-electron chi connectivity index (χ2n) is 6.18. The molecule has 1 unspecified atom stereocenters. The number of pyridine rings is 1. The highest BCUT2D eigenvalue weighted by Gasteiger charge is 2.16. The zero-order chi connectivity index (χ0) is 18.2. The molecule has 1 atom stereocenters. The third kappa shape index (κ3) is 5.56. The first-order chi connectivity index (χ1) is 12.0. The van der Waals surface area contributed by atoms with E-state index in [2.05, 4.69) is 15.4 Å². The van der Waals surface area contributed by atoms with Crippen molar-refractivity contribution in [2.75, 3.05) is 26.8 Å². The van der Waals surface area contributed by atoms with E-state index in [9.17, 15) is 4.79 Å². The van der Waals surface area contributed by atoms with Crippen molar-refractivity contribution < 1.29 is 9.53 Å². The highest BCUT2D eigenvalue weighted by atomic mass is 16.5. The molecule has 2 rings (SSSR count). The van der Waals surface area contributed by atoms with E-state index in [0.29, 0.717) is 26.2 Å². The number of carbonyl (C=O) groups excluding carboxylic acids is 1. The van der Waals surface area contributed by atoms with Crippen molar-refractivity contribution in [3.8, 4) is 0 Å². The molecule has 2 aromatic rings. The normalized spacial score (nSPS) is 12.0. The van der Waals surface area contributed by atoms with Gasteiger partial charge in [-0.2, -0.15) is 5.10 Å². The number of ether oxygens (including phenoxy) is 1. The number of urea groups is 1. The fraction of sp³-hybridized carbons (Fsp3) is 0.500. The van der Waals surface area contributed by atoms with Crippen LogP contribution in [0.5, 0.6) is 0 Å². The van der Waals surface area contributed by atoms with Gasteiger partial charge >= 0.3 is 6.03 Å². The van der Waals surface area contributed by atoms with Gasteiger partial charge < -0.3 is 15.0 Å². The van der Waals surface area contributed by atoms with Gasteiger partial charge in [-0.1, -0.05) is 0 Å². The molecule has 7 heteroatoms. The van der Waals surface area contributed by atoms with E-state index in [4.69, 9.17) is 4.74 Å². The Labute approximate surface area is 149 Å². The number of nitrogens with zero attached hydrogens (tertiary/aromatic N) is 4. The van der Waals surface area contributed by atoms with Crippen molar-refractivity contribution in [3.63, 3.8) is 0 Å². The smallest absolute Gasteiger partial charge is 0.317 e. The number of carbonyl (C=O) groups is 1. The average Bonchev–Trinajstić information content (AvgIpc) is 2.95. The monoisotopic (exact) mass is 345 g/mol. The third-order valence-corrected chi connectivity index (χ3v) is 3.99. The van der Waals surface area contributed by atoms with Gasteiger partial charge in [0.15, 0.2) is 0 Å². The average molecular weight is 345 g/mol. The van der Waals surface area contributed by atoms with Crippen LogP contribution < -0.4 is 5.32 Å². The summed E-state index contributed by atoms with van der Waals surface area (Å²) in [5, 5.41) is 7.48. The van der Waals surface area contributed by atoms with Crippen LogP contribution in [0.4, 0.5) is 4.79 Å². The van der Waals surface area contributed by atoms with Crippen LogP contribution >= 0.6 is 0 Å². The molecule has 25 heavy (non-hydrogen) atoms. The number of methoxy groups -OCH3 is 1. The van der Waals surface area contributed by atoms with Crippen LogP contribution in [0.1, 0.15) is 29.9 Å².